The van der Waals surface area contributed by atoms with Gasteiger partial charge < -0.3 is 14.7 Å². The zero-order valence-electron chi connectivity index (χ0n) is 11.6. The topological polar surface area (TPSA) is 49.8 Å². The normalized spacial score (nSPS) is 16.5. The second-order valence-electron chi connectivity index (χ2n) is 5.10. The molecule has 0 aliphatic carbocycles. The number of benzene rings is 1. The molecule has 1 saturated heterocycles. The number of carbonyl (C=O) groups is 1. The van der Waals surface area contributed by atoms with Gasteiger partial charge in [0.2, 0.25) is 0 Å². The molecular weight excluding hydrogens is 242 g/mol. The molecule has 0 radical (unpaired) electrons. The van der Waals surface area contributed by atoms with E-state index in [1.807, 2.05) is 32.0 Å². The molecule has 1 heterocycles. The van der Waals surface area contributed by atoms with Gasteiger partial charge in [-0.3, -0.25) is 4.79 Å². The predicted molar refractivity (Wildman–Crippen MR) is 73.2 cm³/mol. The van der Waals surface area contributed by atoms with E-state index < -0.39 is 0 Å². The number of carbonyl (C=O) groups excluding carboxylic acids is 1. The van der Waals surface area contributed by atoms with Crippen LogP contribution in [0, 0.1) is 13.8 Å². The van der Waals surface area contributed by atoms with Gasteiger partial charge in [0.15, 0.2) is 6.61 Å². The summed E-state index contributed by atoms with van der Waals surface area (Å²) < 4.78 is 5.61. The third-order valence-corrected chi connectivity index (χ3v) is 3.72. The maximum Gasteiger partial charge on any atom is 0.260 e. The Hall–Kier alpha value is -1.55. The van der Waals surface area contributed by atoms with E-state index in [0.29, 0.717) is 25.9 Å². The van der Waals surface area contributed by atoms with Crippen molar-refractivity contribution in [1.82, 2.24) is 4.90 Å². The molecule has 4 nitrogen and oxygen atoms in total. The van der Waals surface area contributed by atoms with E-state index in [0.717, 1.165) is 16.9 Å². The van der Waals surface area contributed by atoms with Crippen molar-refractivity contribution in [2.24, 2.45) is 0 Å². The van der Waals surface area contributed by atoms with Crippen LogP contribution in [0.5, 0.6) is 5.75 Å². The number of aliphatic hydroxyl groups is 1. The van der Waals surface area contributed by atoms with E-state index in [-0.39, 0.29) is 18.6 Å². The summed E-state index contributed by atoms with van der Waals surface area (Å²) >= 11 is 0. The van der Waals surface area contributed by atoms with Gasteiger partial charge in [-0.1, -0.05) is 12.1 Å². The molecule has 0 aromatic heterocycles. The smallest absolute Gasteiger partial charge is 0.260 e. The van der Waals surface area contributed by atoms with Gasteiger partial charge >= 0.3 is 0 Å². The van der Waals surface area contributed by atoms with Crippen molar-refractivity contribution in [2.75, 3.05) is 19.7 Å². The largest absolute Gasteiger partial charge is 0.483 e. The lowest BCUT2D eigenvalue weighted by molar-refractivity contribution is -0.135. The molecule has 104 valence electrons. The van der Waals surface area contributed by atoms with Crippen LogP contribution in [0.4, 0.5) is 0 Å². The number of amides is 1. The number of aliphatic hydroxyl groups excluding tert-OH is 1. The average molecular weight is 263 g/mol. The maximum absolute atomic E-state index is 12.0. The first-order valence-corrected chi connectivity index (χ1v) is 6.73. The number of nitrogens with zero attached hydrogens (tertiary/aromatic N) is 1. The number of piperidine rings is 1. The fourth-order valence-corrected chi connectivity index (χ4v) is 2.23. The quantitative estimate of drug-likeness (QED) is 0.902. The Balaban J connectivity index is 1.88. The van der Waals surface area contributed by atoms with Gasteiger partial charge in [-0.05, 0) is 43.9 Å². The minimum Gasteiger partial charge on any atom is -0.483 e. The van der Waals surface area contributed by atoms with E-state index in [1.165, 1.54) is 0 Å². The Morgan fingerprint density at radius 1 is 1.37 bits per heavy atom. The van der Waals surface area contributed by atoms with Crippen LogP contribution in [-0.4, -0.2) is 41.7 Å². The molecule has 1 aliphatic heterocycles. The van der Waals surface area contributed by atoms with Crippen molar-refractivity contribution >= 4 is 5.91 Å². The minimum absolute atomic E-state index is 0.00666. The molecule has 1 aromatic carbocycles. The Bertz CT molecular complexity index is 451. The van der Waals surface area contributed by atoms with Crippen molar-refractivity contribution in [2.45, 2.75) is 32.8 Å². The molecule has 0 atom stereocenters. The van der Waals surface area contributed by atoms with Crippen molar-refractivity contribution in [3.63, 3.8) is 0 Å². The van der Waals surface area contributed by atoms with E-state index in [9.17, 15) is 9.90 Å². The number of aryl methyl sites for hydroxylation is 1. The molecule has 2 rings (SSSR count). The lowest BCUT2D eigenvalue weighted by Gasteiger charge is -2.29. The SMILES string of the molecule is Cc1cccc(OCC(=O)N2CCC(O)CC2)c1C. The highest BCUT2D eigenvalue weighted by Crippen LogP contribution is 2.20. The zero-order valence-corrected chi connectivity index (χ0v) is 11.6. The van der Waals surface area contributed by atoms with Gasteiger partial charge in [-0.15, -0.1) is 0 Å². The first kappa shape index (κ1) is 13.9. The van der Waals surface area contributed by atoms with Gasteiger partial charge in [0.1, 0.15) is 5.75 Å². The summed E-state index contributed by atoms with van der Waals surface area (Å²) in [5.41, 5.74) is 2.23. The van der Waals surface area contributed by atoms with Crippen LogP contribution in [0.1, 0.15) is 24.0 Å². The van der Waals surface area contributed by atoms with Crippen LogP contribution in [0.15, 0.2) is 18.2 Å². The fourth-order valence-electron chi connectivity index (χ4n) is 2.23. The van der Waals surface area contributed by atoms with Crippen molar-refractivity contribution in [1.29, 1.82) is 0 Å². The number of hydrogen-bond acceptors (Lipinski definition) is 3. The Kier molecular flexibility index (Phi) is 4.43. The lowest BCUT2D eigenvalue weighted by atomic mass is 10.1. The summed E-state index contributed by atoms with van der Waals surface area (Å²) in [6.45, 7) is 5.33. The van der Waals surface area contributed by atoms with Gasteiger partial charge in [0.25, 0.3) is 5.91 Å². The Morgan fingerprint density at radius 2 is 2.05 bits per heavy atom. The van der Waals surface area contributed by atoms with E-state index >= 15 is 0 Å². The van der Waals surface area contributed by atoms with E-state index in [4.69, 9.17) is 4.74 Å². The summed E-state index contributed by atoms with van der Waals surface area (Å²) in [5.74, 6) is 0.762. The molecule has 0 unspecified atom stereocenters. The van der Waals surface area contributed by atoms with E-state index in [2.05, 4.69) is 0 Å². The molecule has 1 fully saturated rings. The highest BCUT2D eigenvalue weighted by molar-refractivity contribution is 5.77. The second kappa shape index (κ2) is 6.06. The summed E-state index contributed by atoms with van der Waals surface area (Å²) in [4.78, 5) is 13.8. The second-order valence-corrected chi connectivity index (χ2v) is 5.10. The molecule has 19 heavy (non-hydrogen) atoms. The number of rotatable bonds is 3. The third kappa shape index (κ3) is 3.47. The molecule has 0 spiro atoms. The van der Waals surface area contributed by atoms with Crippen LogP contribution in [0.2, 0.25) is 0 Å². The Labute approximate surface area is 114 Å². The Morgan fingerprint density at radius 3 is 2.74 bits per heavy atom. The number of likely N-dealkylation sites (tertiary alicyclic amines) is 1. The number of ether oxygens (including phenoxy) is 1. The first-order chi connectivity index (χ1) is 9.08. The first-order valence-electron chi connectivity index (χ1n) is 6.73. The molecule has 1 N–H and O–H groups in total. The molecule has 1 amide bonds. The van der Waals surface area contributed by atoms with Gasteiger partial charge in [0, 0.05) is 13.1 Å². The minimum atomic E-state index is -0.260. The monoisotopic (exact) mass is 263 g/mol. The van der Waals surface area contributed by atoms with Gasteiger partial charge in [0.05, 0.1) is 6.10 Å². The highest BCUT2D eigenvalue weighted by atomic mass is 16.5. The zero-order chi connectivity index (χ0) is 13.8. The fraction of sp³-hybridized carbons (Fsp3) is 0.533. The van der Waals surface area contributed by atoms with Crippen molar-refractivity contribution in [3.05, 3.63) is 29.3 Å². The predicted octanol–water partition coefficient (Wildman–Crippen LogP) is 1.67. The summed E-state index contributed by atoms with van der Waals surface area (Å²) in [6.07, 6.45) is 1.06. The van der Waals surface area contributed by atoms with Crippen LogP contribution < -0.4 is 4.74 Å². The molecule has 4 heteroatoms. The van der Waals surface area contributed by atoms with Crippen LogP contribution in [0.3, 0.4) is 0 Å². The van der Waals surface area contributed by atoms with Crippen LogP contribution >= 0.6 is 0 Å². The molecule has 0 saturated carbocycles. The lowest BCUT2D eigenvalue weighted by Crippen LogP contribution is -2.42. The molecule has 1 aromatic rings. The van der Waals surface area contributed by atoms with Crippen LogP contribution in [-0.2, 0) is 4.79 Å². The van der Waals surface area contributed by atoms with E-state index in [1.54, 1.807) is 4.90 Å². The van der Waals surface area contributed by atoms with Gasteiger partial charge in [-0.2, -0.15) is 0 Å². The van der Waals surface area contributed by atoms with Crippen LogP contribution in [0.25, 0.3) is 0 Å². The van der Waals surface area contributed by atoms with Crippen molar-refractivity contribution < 1.29 is 14.6 Å². The molecular formula is C15H21NO3. The summed E-state index contributed by atoms with van der Waals surface area (Å²) in [6, 6.07) is 5.84. The van der Waals surface area contributed by atoms with Crippen molar-refractivity contribution in [3.8, 4) is 5.75 Å². The maximum atomic E-state index is 12.0. The summed E-state index contributed by atoms with van der Waals surface area (Å²) in [5, 5.41) is 9.41. The standard InChI is InChI=1S/C15H21NO3/c1-11-4-3-5-14(12(11)2)19-10-15(18)16-8-6-13(17)7-9-16/h3-5,13,17H,6-10H2,1-2H3. The third-order valence-electron chi connectivity index (χ3n) is 3.72. The van der Waals surface area contributed by atoms with Gasteiger partial charge in [-0.25, -0.2) is 0 Å². The highest BCUT2D eigenvalue weighted by Gasteiger charge is 2.21. The molecule has 1 aliphatic rings. The molecule has 0 bridgehead atoms. The number of hydrogen-bond donors (Lipinski definition) is 1. The summed E-state index contributed by atoms with van der Waals surface area (Å²) in [7, 11) is 0. The average Bonchev–Trinajstić information content (AvgIpc) is 2.41.